The third kappa shape index (κ3) is 4.71. The van der Waals surface area contributed by atoms with E-state index in [9.17, 15) is 22.8 Å². The maximum atomic E-state index is 13.6. The number of anilines is 1. The van der Waals surface area contributed by atoms with Crippen molar-refractivity contribution in [3.8, 4) is 0 Å². The number of carbonyl (C=O) groups is 2. The summed E-state index contributed by atoms with van der Waals surface area (Å²) in [5, 5.41) is 4.52. The molecule has 1 fully saturated rings. The molecule has 2 aromatic carbocycles. The molecule has 148 valence electrons. The fraction of sp³-hybridized carbons (Fsp3) is 0.333. The topological polar surface area (TPSA) is 58.2 Å². The monoisotopic (exact) mass is 390 g/mol. The van der Waals surface area contributed by atoms with Gasteiger partial charge in [-0.2, -0.15) is 0 Å². The van der Waals surface area contributed by atoms with Crippen LogP contribution in [0, 0.1) is 17.5 Å². The van der Waals surface area contributed by atoms with Crippen molar-refractivity contribution in [2.24, 2.45) is 0 Å². The molecule has 0 aromatic heterocycles. The summed E-state index contributed by atoms with van der Waals surface area (Å²) in [4.78, 5) is 24.0. The van der Waals surface area contributed by atoms with Crippen LogP contribution in [-0.2, 0) is 4.79 Å². The highest BCUT2D eigenvalue weighted by Gasteiger charge is 2.17. The van der Waals surface area contributed by atoms with Crippen LogP contribution in [0.15, 0.2) is 36.4 Å². The summed E-state index contributed by atoms with van der Waals surface area (Å²) in [6.45, 7) is -0.429. The molecular formula is C21H21F3N2O2. The van der Waals surface area contributed by atoms with E-state index in [-0.39, 0.29) is 0 Å². The van der Waals surface area contributed by atoms with Crippen molar-refractivity contribution < 1.29 is 22.8 Å². The van der Waals surface area contributed by atoms with Gasteiger partial charge in [-0.15, -0.1) is 0 Å². The van der Waals surface area contributed by atoms with Gasteiger partial charge in [-0.3, -0.25) is 9.59 Å². The zero-order chi connectivity index (χ0) is 20.1. The van der Waals surface area contributed by atoms with E-state index in [1.807, 2.05) is 12.1 Å². The largest absolute Gasteiger partial charge is 0.343 e. The highest BCUT2D eigenvalue weighted by atomic mass is 19.2. The first-order valence-electron chi connectivity index (χ1n) is 9.27. The molecule has 0 spiro atoms. The average molecular weight is 390 g/mol. The number of carbonyl (C=O) groups excluding carboxylic acids is 2. The second-order valence-electron chi connectivity index (χ2n) is 6.91. The first-order chi connectivity index (χ1) is 13.5. The SMILES string of the molecule is O=C(CNC(=O)c1ccc(C2CCCCC2)cc1)Nc1ccc(F)c(F)c1F. The first-order valence-corrected chi connectivity index (χ1v) is 9.27. The molecule has 1 aliphatic rings. The molecular weight excluding hydrogens is 369 g/mol. The van der Waals surface area contributed by atoms with E-state index in [1.54, 1.807) is 12.1 Å². The van der Waals surface area contributed by atoms with E-state index in [1.165, 1.54) is 24.8 Å². The standard InChI is InChI=1S/C21H21F3N2O2/c22-16-10-11-17(20(24)19(16)23)26-18(27)12-25-21(28)15-8-6-14(7-9-15)13-4-2-1-3-5-13/h6-11,13H,1-5,12H2,(H,25,28)(H,26,27). The van der Waals surface area contributed by atoms with Crippen molar-refractivity contribution in [3.63, 3.8) is 0 Å². The number of benzene rings is 2. The Morgan fingerprint density at radius 2 is 1.57 bits per heavy atom. The van der Waals surface area contributed by atoms with Gasteiger partial charge in [0.05, 0.1) is 12.2 Å². The first kappa shape index (κ1) is 19.9. The average Bonchev–Trinajstić information content (AvgIpc) is 2.73. The predicted molar refractivity (Wildman–Crippen MR) is 99.5 cm³/mol. The lowest BCUT2D eigenvalue weighted by Crippen LogP contribution is -2.33. The summed E-state index contributed by atoms with van der Waals surface area (Å²) in [6, 6.07) is 8.92. The Balaban J connectivity index is 1.53. The summed E-state index contributed by atoms with van der Waals surface area (Å²) < 4.78 is 39.6. The van der Waals surface area contributed by atoms with Crippen molar-refractivity contribution in [2.75, 3.05) is 11.9 Å². The van der Waals surface area contributed by atoms with Crippen LogP contribution in [0.3, 0.4) is 0 Å². The van der Waals surface area contributed by atoms with Crippen LogP contribution >= 0.6 is 0 Å². The number of rotatable bonds is 5. The zero-order valence-electron chi connectivity index (χ0n) is 15.2. The van der Waals surface area contributed by atoms with Gasteiger partial charge in [0.15, 0.2) is 17.5 Å². The minimum Gasteiger partial charge on any atom is -0.343 e. The number of halogens is 3. The lowest BCUT2D eigenvalue weighted by atomic mass is 9.84. The van der Waals surface area contributed by atoms with Crippen molar-refractivity contribution in [1.82, 2.24) is 5.32 Å². The van der Waals surface area contributed by atoms with E-state index in [0.29, 0.717) is 17.5 Å². The Labute approximate surface area is 161 Å². The zero-order valence-corrected chi connectivity index (χ0v) is 15.2. The molecule has 2 aromatic rings. The van der Waals surface area contributed by atoms with E-state index in [4.69, 9.17) is 0 Å². The molecule has 0 saturated heterocycles. The van der Waals surface area contributed by atoms with Crippen molar-refractivity contribution >= 4 is 17.5 Å². The van der Waals surface area contributed by atoms with Gasteiger partial charge in [0.25, 0.3) is 5.91 Å². The normalized spacial score (nSPS) is 14.5. The van der Waals surface area contributed by atoms with Gasteiger partial charge in [-0.05, 0) is 48.6 Å². The lowest BCUT2D eigenvalue weighted by Gasteiger charge is -2.22. The van der Waals surface area contributed by atoms with Gasteiger partial charge in [0.2, 0.25) is 5.91 Å². The van der Waals surface area contributed by atoms with Gasteiger partial charge >= 0.3 is 0 Å². The fourth-order valence-corrected chi connectivity index (χ4v) is 3.42. The molecule has 1 saturated carbocycles. The third-order valence-corrected chi connectivity index (χ3v) is 4.97. The van der Waals surface area contributed by atoms with Crippen LogP contribution in [-0.4, -0.2) is 18.4 Å². The van der Waals surface area contributed by atoms with Crippen molar-refractivity contribution in [2.45, 2.75) is 38.0 Å². The smallest absolute Gasteiger partial charge is 0.251 e. The van der Waals surface area contributed by atoms with Gasteiger partial charge in [-0.25, -0.2) is 13.2 Å². The quantitative estimate of drug-likeness (QED) is 0.738. The molecule has 3 rings (SSSR count). The molecule has 0 aliphatic heterocycles. The molecule has 0 radical (unpaired) electrons. The summed E-state index contributed by atoms with van der Waals surface area (Å²) in [7, 11) is 0. The van der Waals surface area contributed by atoms with Crippen LogP contribution in [0.1, 0.15) is 53.9 Å². The van der Waals surface area contributed by atoms with Crippen LogP contribution in [0.2, 0.25) is 0 Å². The third-order valence-electron chi connectivity index (χ3n) is 4.97. The molecule has 28 heavy (non-hydrogen) atoms. The molecule has 0 bridgehead atoms. The van der Waals surface area contributed by atoms with Crippen LogP contribution in [0.4, 0.5) is 18.9 Å². The van der Waals surface area contributed by atoms with Crippen LogP contribution < -0.4 is 10.6 Å². The molecule has 7 heteroatoms. The lowest BCUT2D eigenvalue weighted by molar-refractivity contribution is -0.115. The summed E-state index contributed by atoms with van der Waals surface area (Å²) in [5.41, 5.74) is 1.13. The number of nitrogens with one attached hydrogen (secondary N) is 2. The molecule has 2 N–H and O–H groups in total. The second kappa shape index (κ2) is 8.91. The Kier molecular flexibility index (Phi) is 6.34. The van der Waals surface area contributed by atoms with Crippen LogP contribution in [0.25, 0.3) is 0 Å². The summed E-state index contributed by atoms with van der Waals surface area (Å²) in [6.07, 6.45) is 6.03. The van der Waals surface area contributed by atoms with E-state index >= 15 is 0 Å². The van der Waals surface area contributed by atoms with E-state index < -0.39 is 41.5 Å². The van der Waals surface area contributed by atoms with Gasteiger partial charge in [0, 0.05) is 5.56 Å². The molecule has 0 atom stereocenters. The highest BCUT2D eigenvalue weighted by Crippen LogP contribution is 2.32. The number of hydrogen-bond acceptors (Lipinski definition) is 2. The van der Waals surface area contributed by atoms with Crippen molar-refractivity contribution in [1.29, 1.82) is 0 Å². The Morgan fingerprint density at radius 1 is 0.893 bits per heavy atom. The Hall–Kier alpha value is -2.83. The van der Waals surface area contributed by atoms with Gasteiger partial charge < -0.3 is 10.6 Å². The number of hydrogen-bond donors (Lipinski definition) is 2. The second-order valence-corrected chi connectivity index (χ2v) is 6.91. The van der Waals surface area contributed by atoms with E-state index in [2.05, 4.69) is 10.6 Å². The minimum atomic E-state index is -1.67. The maximum absolute atomic E-state index is 13.6. The maximum Gasteiger partial charge on any atom is 0.251 e. The summed E-state index contributed by atoms with van der Waals surface area (Å²) >= 11 is 0. The Morgan fingerprint density at radius 3 is 2.25 bits per heavy atom. The van der Waals surface area contributed by atoms with Crippen molar-refractivity contribution in [3.05, 3.63) is 65.0 Å². The van der Waals surface area contributed by atoms with Crippen LogP contribution in [0.5, 0.6) is 0 Å². The molecule has 4 nitrogen and oxygen atoms in total. The van der Waals surface area contributed by atoms with Gasteiger partial charge in [0.1, 0.15) is 0 Å². The summed E-state index contributed by atoms with van der Waals surface area (Å²) in [5.74, 6) is -5.17. The molecule has 2 amide bonds. The molecule has 1 aliphatic carbocycles. The predicted octanol–water partition coefficient (Wildman–Crippen LogP) is 4.52. The van der Waals surface area contributed by atoms with E-state index in [0.717, 1.165) is 18.9 Å². The van der Waals surface area contributed by atoms with Gasteiger partial charge in [-0.1, -0.05) is 31.4 Å². The molecule has 0 heterocycles. The number of amides is 2. The minimum absolute atomic E-state index is 0.409. The Bertz CT molecular complexity index is 863. The molecule has 0 unspecified atom stereocenters. The highest BCUT2D eigenvalue weighted by molar-refractivity contribution is 5.99. The fourth-order valence-electron chi connectivity index (χ4n) is 3.42.